The molecule has 0 bridgehead atoms. The summed E-state index contributed by atoms with van der Waals surface area (Å²) in [6, 6.07) is 5.19. The van der Waals surface area contributed by atoms with Crippen molar-refractivity contribution in [1.82, 2.24) is 10.3 Å². The summed E-state index contributed by atoms with van der Waals surface area (Å²) < 4.78 is 5.39. The second-order valence-electron chi connectivity index (χ2n) is 5.10. The molecule has 0 aromatic carbocycles. The van der Waals surface area contributed by atoms with Crippen LogP contribution in [-0.4, -0.2) is 16.7 Å². The van der Waals surface area contributed by atoms with Gasteiger partial charge in [-0.3, -0.25) is 14.6 Å². The molecule has 0 radical (unpaired) electrons. The highest BCUT2D eigenvalue weighted by Gasteiger charge is 2.15. The van der Waals surface area contributed by atoms with Crippen LogP contribution in [0.3, 0.4) is 0 Å². The molecule has 116 valence electrons. The summed E-state index contributed by atoms with van der Waals surface area (Å²) in [6.07, 6.45) is 0. The molecule has 22 heavy (non-hydrogen) atoms. The SMILES string of the molecule is CC(=O)c1ccc(CNC(=O)c2oc(CN)cc2C)nc1C. The summed E-state index contributed by atoms with van der Waals surface area (Å²) in [4.78, 5) is 27.8. The summed E-state index contributed by atoms with van der Waals surface area (Å²) in [5.41, 5.74) is 8.15. The van der Waals surface area contributed by atoms with Crippen molar-refractivity contribution in [3.8, 4) is 0 Å². The van der Waals surface area contributed by atoms with Crippen LogP contribution in [0.15, 0.2) is 22.6 Å². The molecular formula is C16H19N3O3. The van der Waals surface area contributed by atoms with E-state index in [0.29, 0.717) is 22.7 Å². The highest BCUT2D eigenvalue weighted by molar-refractivity contribution is 5.95. The largest absolute Gasteiger partial charge is 0.454 e. The predicted molar refractivity (Wildman–Crippen MR) is 81.5 cm³/mol. The smallest absolute Gasteiger partial charge is 0.287 e. The summed E-state index contributed by atoms with van der Waals surface area (Å²) in [7, 11) is 0. The molecule has 2 heterocycles. The van der Waals surface area contributed by atoms with Crippen molar-refractivity contribution < 1.29 is 14.0 Å². The Labute approximate surface area is 128 Å². The van der Waals surface area contributed by atoms with Gasteiger partial charge in [0.2, 0.25) is 0 Å². The van der Waals surface area contributed by atoms with Crippen LogP contribution >= 0.6 is 0 Å². The van der Waals surface area contributed by atoms with Gasteiger partial charge in [-0.15, -0.1) is 0 Å². The van der Waals surface area contributed by atoms with Crippen LogP contribution < -0.4 is 11.1 Å². The van der Waals surface area contributed by atoms with E-state index in [1.165, 1.54) is 6.92 Å². The zero-order valence-corrected chi connectivity index (χ0v) is 12.9. The van der Waals surface area contributed by atoms with E-state index in [9.17, 15) is 9.59 Å². The van der Waals surface area contributed by atoms with Crippen LogP contribution in [0.4, 0.5) is 0 Å². The number of amides is 1. The Morgan fingerprint density at radius 1 is 1.32 bits per heavy atom. The Hall–Kier alpha value is -2.47. The number of Topliss-reactive ketones (excluding diaryl/α,β-unsaturated/α-hetero) is 1. The average molecular weight is 301 g/mol. The van der Waals surface area contributed by atoms with Crippen molar-refractivity contribution in [2.24, 2.45) is 5.73 Å². The van der Waals surface area contributed by atoms with E-state index in [0.717, 1.165) is 5.56 Å². The summed E-state index contributed by atoms with van der Waals surface area (Å²) in [5, 5.41) is 2.75. The third kappa shape index (κ3) is 3.40. The maximum absolute atomic E-state index is 12.1. The fourth-order valence-electron chi connectivity index (χ4n) is 2.21. The number of carbonyl (C=O) groups is 2. The molecule has 0 aliphatic carbocycles. The molecule has 0 fully saturated rings. The first-order valence-corrected chi connectivity index (χ1v) is 6.97. The minimum absolute atomic E-state index is 0.0268. The Kier molecular flexibility index (Phi) is 4.72. The number of nitrogens with one attached hydrogen (secondary N) is 1. The first-order valence-electron chi connectivity index (χ1n) is 6.97. The first-order chi connectivity index (χ1) is 10.4. The van der Waals surface area contributed by atoms with Crippen molar-refractivity contribution in [1.29, 1.82) is 0 Å². The number of nitrogens with two attached hydrogens (primary N) is 1. The number of hydrogen-bond donors (Lipinski definition) is 2. The summed E-state index contributed by atoms with van der Waals surface area (Å²) in [5.74, 6) is 0.494. The Morgan fingerprint density at radius 3 is 2.59 bits per heavy atom. The summed E-state index contributed by atoms with van der Waals surface area (Å²) >= 11 is 0. The van der Waals surface area contributed by atoms with Crippen molar-refractivity contribution in [2.75, 3.05) is 0 Å². The minimum atomic E-state index is -0.313. The zero-order valence-electron chi connectivity index (χ0n) is 12.9. The van der Waals surface area contributed by atoms with E-state index in [1.807, 2.05) is 0 Å². The van der Waals surface area contributed by atoms with Gasteiger partial charge >= 0.3 is 0 Å². The molecule has 1 amide bonds. The maximum atomic E-state index is 12.1. The van der Waals surface area contributed by atoms with Crippen molar-refractivity contribution in [3.05, 3.63) is 52.2 Å². The molecule has 6 heteroatoms. The second kappa shape index (κ2) is 6.53. The van der Waals surface area contributed by atoms with Crippen molar-refractivity contribution in [2.45, 2.75) is 33.9 Å². The number of aromatic nitrogens is 1. The van der Waals surface area contributed by atoms with Gasteiger partial charge in [-0.2, -0.15) is 0 Å². The molecule has 3 N–H and O–H groups in total. The van der Waals surface area contributed by atoms with Gasteiger partial charge in [0.1, 0.15) is 5.76 Å². The Morgan fingerprint density at radius 2 is 2.05 bits per heavy atom. The number of nitrogens with zero attached hydrogens (tertiary/aromatic N) is 1. The molecule has 0 saturated heterocycles. The van der Waals surface area contributed by atoms with E-state index < -0.39 is 0 Å². The van der Waals surface area contributed by atoms with Crippen LogP contribution in [0, 0.1) is 13.8 Å². The van der Waals surface area contributed by atoms with Gasteiger partial charge in [0, 0.05) is 16.8 Å². The van der Waals surface area contributed by atoms with Gasteiger partial charge in [0.25, 0.3) is 5.91 Å². The molecular weight excluding hydrogens is 282 g/mol. The Bertz CT molecular complexity index is 719. The van der Waals surface area contributed by atoms with E-state index >= 15 is 0 Å². The van der Waals surface area contributed by atoms with Gasteiger partial charge in [-0.1, -0.05) is 0 Å². The lowest BCUT2D eigenvalue weighted by atomic mass is 10.1. The zero-order chi connectivity index (χ0) is 16.3. The molecule has 0 aliphatic rings. The first kappa shape index (κ1) is 15.9. The predicted octanol–water partition coefficient (Wildman–Crippen LogP) is 1.88. The minimum Gasteiger partial charge on any atom is -0.454 e. The van der Waals surface area contributed by atoms with Crippen LogP contribution in [-0.2, 0) is 13.1 Å². The quantitative estimate of drug-likeness (QED) is 0.822. The molecule has 0 saturated carbocycles. The lowest BCUT2D eigenvalue weighted by molar-refractivity contribution is 0.0919. The molecule has 6 nitrogen and oxygen atoms in total. The fourth-order valence-corrected chi connectivity index (χ4v) is 2.21. The third-order valence-electron chi connectivity index (χ3n) is 3.33. The van der Waals surface area contributed by atoms with Crippen LogP contribution in [0.5, 0.6) is 0 Å². The molecule has 2 aromatic rings. The molecule has 0 atom stereocenters. The van der Waals surface area contributed by atoms with E-state index in [4.69, 9.17) is 10.2 Å². The number of furan rings is 1. The van der Waals surface area contributed by atoms with Crippen molar-refractivity contribution >= 4 is 11.7 Å². The van der Waals surface area contributed by atoms with Gasteiger partial charge in [0.05, 0.1) is 18.8 Å². The monoisotopic (exact) mass is 301 g/mol. The lowest BCUT2D eigenvalue weighted by Crippen LogP contribution is -2.23. The highest BCUT2D eigenvalue weighted by Crippen LogP contribution is 2.14. The molecule has 0 spiro atoms. The fraction of sp³-hybridized carbons (Fsp3) is 0.312. The highest BCUT2D eigenvalue weighted by atomic mass is 16.4. The number of ketones is 1. The van der Waals surface area contributed by atoms with E-state index in [2.05, 4.69) is 10.3 Å². The van der Waals surface area contributed by atoms with Gasteiger partial charge in [-0.05, 0) is 39.0 Å². The molecule has 2 aromatic heterocycles. The van der Waals surface area contributed by atoms with Crippen molar-refractivity contribution in [3.63, 3.8) is 0 Å². The topological polar surface area (TPSA) is 98.2 Å². The molecule has 0 unspecified atom stereocenters. The maximum Gasteiger partial charge on any atom is 0.287 e. The number of hydrogen-bond acceptors (Lipinski definition) is 5. The molecule has 0 aliphatic heterocycles. The number of aryl methyl sites for hydroxylation is 2. The normalized spacial score (nSPS) is 10.5. The van der Waals surface area contributed by atoms with Crippen LogP contribution in [0.1, 0.15) is 50.5 Å². The van der Waals surface area contributed by atoms with Gasteiger partial charge < -0.3 is 15.5 Å². The second-order valence-corrected chi connectivity index (χ2v) is 5.10. The Balaban J connectivity index is 2.06. The number of carbonyl (C=O) groups excluding carboxylic acids is 2. The lowest BCUT2D eigenvalue weighted by Gasteiger charge is -2.07. The number of rotatable bonds is 5. The third-order valence-corrected chi connectivity index (χ3v) is 3.33. The average Bonchev–Trinajstić information content (AvgIpc) is 2.85. The van der Waals surface area contributed by atoms with E-state index in [1.54, 1.807) is 32.0 Å². The van der Waals surface area contributed by atoms with Crippen LogP contribution in [0.25, 0.3) is 0 Å². The van der Waals surface area contributed by atoms with E-state index in [-0.39, 0.29) is 30.5 Å². The standard InChI is InChI=1S/C16H19N3O3/c1-9-6-13(7-17)22-15(9)16(21)18-8-12-4-5-14(11(3)20)10(2)19-12/h4-6H,7-8,17H2,1-3H3,(H,18,21). The van der Waals surface area contributed by atoms with Crippen LogP contribution in [0.2, 0.25) is 0 Å². The molecule has 2 rings (SSSR count). The number of pyridine rings is 1. The summed E-state index contributed by atoms with van der Waals surface area (Å²) in [6.45, 7) is 5.57. The van der Waals surface area contributed by atoms with Gasteiger partial charge in [0.15, 0.2) is 11.5 Å². The van der Waals surface area contributed by atoms with Gasteiger partial charge in [-0.25, -0.2) is 0 Å².